The van der Waals surface area contributed by atoms with Gasteiger partial charge in [-0.25, -0.2) is 9.97 Å². The van der Waals surface area contributed by atoms with E-state index in [1.165, 1.54) is 18.4 Å². The second-order valence-electron chi connectivity index (χ2n) is 10.2. The molecular weight excluding hydrogens is 360 g/mol. The molecule has 2 aliphatic heterocycles. The number of piperazine rings is 1. The number of carbonyl (C=O) groups excluding carboxylic acids is 1. The van der Waals surface area contributed by atoms with Gasteiger partial charge in [0, 0.05) is 54.9 Å². The van der Waals surface area contributed by atoms with Crippen LogP contribution in [0.3, 0.4) is 0 Å². The molecule has 3 heterocycles. The number of rotatable bonds is 5. The summed E-state index contributed by atoms with van der Waals surface area (Å²) in [6.45, 7) is 13.1. The van der Waals surface area contributed by atoms with Gasteiger partial charge in [0.1, 0.15) is 5.78 Å². The van der Waals surface area contributed by atoms with E-state index in [9.17, 15) is 4.79 Å². The Morgan fingerprint density at radius 3 is 2.14 bits per heavy atom. The highest BCUT2D eigenvalue weighted by Crippen LogP contribution is 2.39. The molecule has 0 N–H and O–H groups in total. The maximum absolute atomic E-state index is 12.3. The quantitative estimate of drug-likeness (QED) is 0.738. The summed E-state index contributed by atoms with van der Waals surface area (Å²) in [6.07, 6.45) is 8.82. The van der Waals surface area contributed by atoms with Crippen LogP contribution in [-0.4, -0.2) is 51.9 Å². The molecule has 1 aromatic heterocycles. The van der Waals surface area contributed by atoms with Crippen molar-refractivity contribution in [2.24, 2.45) is 11.8 Å². The van der Waals surface area contributed by atoms with Gasteiger partial charge in [0.15, 0.2) is 0 Å². The minimum absolute atomic E-state index is 0.160. The number of aromatic nitrogens is 2. The Hall–Kier alpha value is -1.49. The Morgan fingerprint density at radius 2 is 1.62 bits per heavy atom. The van der Waals surface area contributed by atoms with E-state index >= 15 is 0 Å². The lowest BCUT2D eigenvalue weighted by molar-refractivity contribution is -0.126. The SMILES string of the molecule is Cc1nc(N2C3CCC2CN(C(C)C)C3)ncc1[C@H]1CC[C@@H](C(=O)C(C)C)CC1. The summed E-state index contributed by atoms with van der Waals surface area (Å²) in [5.41, 5.74) is 2.44. The van der Waals surface area contributed by atoms with Crippen LogP contribution in [-0.2, 0) is 4.79 Å². The van der Waals surface area contributed by atoms with E-state index in [4.69, 9.17) is 9.97 Å². The monoisotopic (exact) mass is 398 g/mol. The van der Waals surface area contributed by atoms with Gasteiger partial charge in [0.05, 0.1) is 0 Å². The van der Waals surface area contributed by atoms with Gasteiger partial charge in [0.25, 0.3) is 0 Å². The highest BCUT2D eigenvalue weighted by Gasteiger charge is 2.42. The van der Waals surface area contributed by atoms with Crippen LogP contribution in [0.2, 0.25) is 0 Å². The lowest BCUT2D eigenvalue weighted by Crippen LogP contribution is -2.56. The molecule has 29 heavy (non-hydrogen) atoms. The first-order valence-corrected chi connectivity index (χ1v) is 11.7. The molecule has 160 valence electrons. The second-order valence-corrected chi connectivity index (χ2v) is 10.2. The number of Topliss-reactive ketones (excluding diaryl/α,β-unsaturated/α-hetero) is 1. The number of carbonyl (C=O) groups is 1. The fraction of sp³-hybridized carbons (Fsp3) is 0.792. The van der Waals surface area contributed by atoms with Crippen LogP contribution in [0.4, 0.5) is 5.95 Å². The maximum Gasteiger partial charge on any atom is 0.226 e. The summed E-state index contributed by atoms with van der Waals surface area (Å²) in [5.74, 6) is 2.32. The number of fused-ring (bicyclic) bond motifs is 2. The zero-order valence-corrected chi connectivity index (χ0v) is 18.9. The largest absolute Gasteiger partial charge is 0.332 e. The van der Waals surface area contributed by atoms with Gasteiger partial charge in [-0.15, -0.1) is 0 Å². The molecule has 1 aliphatic carbocycles. The lowest BCUT2D eigenvalue weighted by Gasteiger charge is -2.43. The lowest BCUT2D eigenvalue weighted by atomic mass is 9.75. The summed E-state index contributed by atoms with van der Waals surface area (Å²) < 4.78 is 0. The van der Waals surface area contributed by atoms with E-state index in [0.29, 0.717) is 29.8 Å². The Bertz CT molecular complexity index is 724. The second kappa shape index (κ2) is 8.33. The number of hydrogen-bond donors (Lipinski definition) is 0. The van der Waals surface area contributed by atoms with Gasteiger partial charge in [-0.2, -0.15) is 0 Å². The van der Waals surface area contributed by atoms with Crippen molar-refractivity contribution in [1.82, 2.24) is 14.9 Å². The third-order valence-electron chi connectivity index (χ3n) is 7.61. The summed E-state index contributed by atoms with van der Waals surface area (Å²) in [4.78, 5) is 27.3. The topological polar surface area (TPSA) is 49.3 Å². The van der Waals surface area contributed by atoms with Crippen LogP contribution in [0.25, 0.3) is 0 Å². The van der Waals surface area contributed by atoms with Gasteiger partial charge in [0.2, 0.25) is 5.95 Å². The first-order chi connectivity index (χ1) is 13.8. The molecule has 3 aliphatic rings. The van der Waals surface area contributed by atoms with Crippen molar-refractivity contribution in [2.45, 2.75) is 97.2 Å². The highest BCUT2D eigenvalue weighted by molar-refractivity contribution is 5.82. The molecule has 1 aromatic rings. The summed E-state index contributed by atoms with van der Waals surface area (Å²) in [7, 11) is 0. The van der Waals surface area contributed by atoms with E-state index in [2.05, 4.69) is 36.8 Å². The Balaban J connectivity index is 1.44. The van der Waals surface area contributed by atoms with Crippen molar-refractivity contribution in [3.63, 3.8) is 0 Å². The van der Waals surface area contributed by atoms with E-state index in [-0.39, 0.29) is 11.8 Å². The minimum Gasteiger partial charge on any atom is -0.332 e. The first kappa shape index (κ1) is 20.8. The zero-order valence-electron chi connectivity index (χ0n) is 18.9. The maximum atomic E-state index is 12.3. The van der Waals surface area contributed by atoms with Crippen LogP contribution in [0.5, 0.6) is 0 Å². The van der Waals surface area contributed by atoms with Crippen molar-refractivity contribution in [2.75, 3.05) is 18.0 Å². The van der Waals surface area contributed by atoms with Gasteiger partial charge in [-0.05, 0) is 70.8 Å². The molecule has 1 saturated carbocycles. The molecule has 0 radical (unpaired) electrons. The van der Waals surface area contributed by atoms with Crippen molar-refractivity contribution < 1.29 is 4.79 Å². The molecule has 2 saturated heterocycles. The molecule has 5 nitrogen and oxygen atoms in total. The normalized spacial score (nSPS) is 30.4. The predicted molar refractivity (Wildman–Crippen MR) is 117 cm³/mol. The van der Waals surface area contributed by atoms with Gasteiger partial charge in [-0.3, -0.25) is 9.69 Å². The van der Waals surface area contributed by atoms with Gasteiger partial charge in [-0.1, -0.05) is 13.8 Å². The molecule has 5 heteroatoms. The molecule has 3 fully saturated rings. The van der Waals surface area contributed by atoms with Crippen molar-refractivity contribution in [3.05, 3.63) is 17.5 Å². The number of ketones is 1. The molecular formula is C24H38N4O. The molecule has 0 spiro atoms. The van der Waals surface area contributed by atoms with Crippen molar-refractivity contribution in [3.8, 4) is 0 Å². The highest BCUT2D eigenvalue weighted by atomic mass is 16.1. The molecule has 4 rings (SSSR count). The zero-order chi connectivity index (χ0) is 20.7. The number of anilines is 1. The molecule has 2 bridgehead atoms. The smallest absolute Gasteiger partial charge is 0.226 e. The third kappa shape index (κ3) is 4.08. The number of nitrogens with zero attached hydrogens (tertiary/aromatic N) is 4. The molecule has 2 atom stereocenters. The fourth-order valence-corrected chi connectivity index (χ4v) is 5.83. The predicted octanol–water partition coefficient (Wildman–Crippen LogP) is 4.35. The number of hydrogen-bond acceptors (Lipinski definition) is 5. The standard InChI is InChI=1S/C24H38N4O/c1-15(2)23(29)19-8-6-18(7-9-19)22-12-25-24(26-17(22)5)28-20-10-11-21(28)14-27(13-20)16(3)4/h12,15-16,18-21H,6-11,13-14H2,1-5H3/t18-,19+,20?,21?. The minimum atomic E-state index is 0.160. The van der Waals surface area contributed by atoms with E-state index in [1.807, 2.05) is 13.8 Å². The Morgan fingerprint density at radius 1 is 1.00 bits per heavy atom. The summed E-state index contributed by atoms with van der Waals surface area (Å²) >= 11 is 0. The average Bonchev–Trinajstić information content (AvgIpc) is 2.96. The van der Waals surface area contributed by atoms with E-state index in [1.54, 1.807) is 0 Å². The van der Waals surface area contributed by atoms with Crippen LogP contribution < -0.4 is 4.90 Å². The van der Waals surface area contributed by atoms with Crippen LogP contribution in [0, 0.1) is 18.8 Å². The first-order valence-electron chi connectivity index (χ1n) is 11.7. The summed E-state index contributed by atoms with van der Waals surface area (Å²) in [5, 5.41) is 0. The van der Waals surface area contributed by atoms with Crippen LogP contribution in [0.15, 0.2) is 6.20 Å². The molecule has 2 unspecified atom stereocenters. The fourth-order valence-electron chi connectivity index (χ4n) is 5.83. The van der Waals surface area contributed by atoms with E-state index < -0.39 is 0 Å². The Kier molecular flexibility index (Phi) is 5.97. The number of likely N-dealkylation sites (tertiary alicyclic amines) is 1. The van der Waals surface area contributed by atoms with Crippen LogP contribution in [0.1, 0.15) is 83.4 Å². The molecule has 0 amide bonds. The summed E-state index contributed by atoms with van der Waals surface area (Å²) in [6, 6.07) is 1.72. The van der Waals surface area contributed by atoms with Gasteiger partial charge >= 0.3 is 0 Å². The van der Waals surface area contributed by atoms with E-state index in [0.717, 1.165) is 50.4 Å². The third-order valence-corrected chi connectivity index (χ3v) is 7.61. The van der Waals surface area contributed by atoms with Gasteiger partial charge < -0.3 is 4.90 Å². The Labute approximate surface area is 176 Å². The van der Waals surface area contributed by atoms with Crippen molar-refractivity contribution >= 4 is 11.7 Å². The molecule has 0 aromatic carbocycles. The average molecular weight is 399 g/mol. The van der Waals surface area contributed by atoms with Crippen LogP contribution >= 0.6 is 0 Å². The van der Waals surface area contributed by atoms with Crippen molar-refractivity contribution in [1.29, 1.82) is 0 Å². The number of aryl methyl sites for hydroxylation is 1.